The Bertz CT molecular complexity index is 487. The molecule has 0 aromatic carbocycles. The highest BCUT2D eigenvalue weighted by Gasteiger charge is 2.66. The van der Waals surface area contributed by atoms with Crippen molar-refractivity contribution in [2.75, 3.05) is 0 Å². The Morgan fingerprint density at radius 1 is 1.24 bits per heavy atom. The topological polar surface area (TPSA) is 34.1 Å². The molecule has 0 N–H and O–H groups in total. The standard InChI is InChI=1S/C15H18O2/c1-10-4-5-11(16)15-7-6-13(2,9-15)8-12(17)14(10,15)3/h4-7,10H,8-9H2,1-3H3. The number of ketones is 2. The van der Waals surface area contributed by atoms with E-state index >= 15 is 0 Å². The van der Waals surface area contributed by atoms with Crippen molar-refractivity contribution in [1.82, 2.24) is 0 Å². The summed E-state index contributed by atoms with van der Waals surface area (Å²) in [5.74, 6) is 0.507. The van der Waals surface area contributed by atoms with E-state index in [4.69, 9.17) is 0 Å². The van der Waals surface area contributed by atoms with Crippen molar-refractivity contribution < 1.29 is 9.59 Å². The Kier molecular flexibility index (Phi) is 1.80. The van der Waals surface area contributed by atoms with E-state index < -0.39 is 10.8 Å². The van der Waals surface area contributed by atoms with Gasteiger partial charge in [-0.05, 0) is 23.8 Å². The third-order valence-electron chi connectivity index (χ3n) is 5.41. The lowest BCUT2D eigenvalue weighted by Gasteiger charge is -2.53. The van der Waals surface area contributed by atoms with Gasteiger partial charge in [0.25, 0.3) is 0 Å². The number of hydrogen-bond acceptors (Lipinski definition) is 2. The van der Waals surface area contributed by atoms with Gasteiger partial charge in [0, 0.05) is 11.8 Å². The predicted molar refractivity (Wildman–Crippen MR) is 65.3 cm³/mol. The molecule has 0 radical (unpaired) electrons. The van der Waals surface area contributed by atoms with Gasteiger partial charge in [0.1, 0.15) is 5.78 Å². The number of Topliss-reactive ketones (excluding diaryl/α,β-unsaturated/α-hetero) is 1. The van der Waals surface area contributed by atoms with Gasteiger partial charge in [-0.1, -0.05) is 39.0 Å². The summed E-state index contributed by atoms with van der Waals surface area (Å²) in [5.41, 5.74) is -1.20. The molecule has 4 atom stereocenters. The van der Waals surface area contributed by atoms with E-state index in [0.717, 1.165) is 6.42 Å². The Morgan fingerprint density at radius 3 is 2.65 bits per heavy atom. The van der Waals surface area contributed by atoms with E-state index in [0.29, 0.717) is 6.42 Å². The molecule has 1 saturated carbocycles. The van der Waals surface area contributed by atoms with Gasteiger partial charge in [-0.2, -0.15) is 0 Å². The number of allylic oxidation sites excluding steroid dienone is 4. The van der Waals surface area contributed by atoms with Crippen LogP contribution in [0.4, 0.5) is 0 Å². The van der Waals surface area contributed by atoms with Gasteiger partial charge in [0.2, 0.25) is 0 Å². The van der Waals surface area contributed by atoms with Crippen LogP contribution in [0.3, 0.4) is 0 Å². The molecule has 1 spiro atoms. The van der Waals surface area contributed by atoms with Crippen molar-refractivity contribution >= 4 is 11.6 Å². The van der Waals surface area contributed by atoms with E-state index in [1.54, 1.807) is 6.08 Å². The molecule has 0 heterocycles. The first-order valence-corrected chi connectivity index (χ1v) is 6.30. The summed E-state index contributed by atoms with van der Waals surface area (Å²) in [6.07, 6.45) is 9.09. The largest absolute Gasteiger partial charge is 0.299 e. The normalized spacial score (nSPS) is 51.8. The molecule has 0 aromatic rings. The molecule has 0 aliphatic heterocycles. The minimum atomic E-state index is -0.564. The minimum absolute atomic E-state index is 0.100. The zero-order valence-electron chi connectivity index (χ0n) is 10.6. The maximum absolute atomic E-state index is 12.5. The van der Waals surface area contributed by atoms with Crippen molar-refractivity contribution in [3.8, 4) is 0 Å². The Hall–Kier alpha value is -1.18. The highest BCUT2D eigenvalue weighted by molar-refractivity contribution is 6.05. The van der Waals surface area contributed by atoms with Gasteiger partial charge < -0.3 is 0 Å². The zero-order valence-corrected chi connectivity index (χ0v) is 10.6. The third-order valence-corrected chi connectivity index (χ3v) is 5.41. The van der Waals surface area contributed by atoms with E-state index in [1.807, 2.05) is 19.1 Å². The number of rotatable bonds is 0. The fourth-order valence-corrected chi connectivity index (χ4v) is 4.03. The van der Waals surface area contributed by atoms with Crippen molar-refractivity contribution in [2.24, 2.45) is 22.2 Å². The highest BCUT2D eigenvalue weighted by atomic mass is 16.1. The second-order valence-electron chi connectivity index (χ2n) is 6.45. The second-order valence-corrected chi connectivity index (χ2v) is 6.45. The van der Waals surface area contributed by atoms with Crippen molar-refractivity contribution in [1.29, 1.82) is 0 Å². The van der Waals surface area contributed by atoms with Crippen LogP contribution in [0.2, 0.25) is 0 Å². The first-order chi connectivity index (χ1) is 7.84. The van der Waals surface area contributed by atoms with Crippen LogP contribution in [-0.2, 0) is 9.59 Å². The first kappa shape index (κ1) is 10.9. The summed E-state index contributed by atoms with van der Waals surface area (Å²) >= 11 is 0. The molecule has 1 fully saturated rings. The molecular weight excluding hydrogens is 212 g/mol. The minimum Gasteiger partial charge on any atom is -0.299 e. The van der Waals surface area contributed by atoms with E-state index in [9.17, 15) is 9.59 Å². The number of carbonyl (C=O) groups excluding carboxylic acids is 2. The molecule has 0 aromatic heterocycles. The van der Waals surface area contributed by atoms with Crippen LogP contribution in [0.25, 0.3) is 0 Å². The number of carbonyl (C=O) groups is 2. The van der Waals surface area contributed by atoms with Crippen molar-refractivity contribution in [3.05, 3.63) is 24.3 Å². The molecule has 3 rings (SSSR count). The van der Waals surface area contributed by atoms with Gasteiger partial charge in [0.05, 0.1) is 5.41 Å². The SMILES string of the molecule is CC1C=CC(=O)C23C=CC(C)(CC(=O)C12C)C3. The molecule has 17 heavy (non-hydrogen) atoms. The lowest BCUT2D eigenvalue weighted by atomic mass is 9.47. The molecule has 0 saturated heterocycles. The Morgan fingerprint density at radius 2 is 1.94 bits per heavy atom. The number of hydrogen-bond donors (Lipinski definition) is 0. The van der Waals surface area contributed by atoms with Crippen LogP contribution in [0.15, 0.2) is 24.3 Å². The van der Waals surface area contributed by atoms with Crippen LogP contribution in [0, 0.1) is 22.2 Å². The van der Waals surface area contributed by atoms with E-state index in [1.165, 1.54) is 0 Å². The Labute approximate surface area is 102 Å². The van der Waals surface area contributed by atoms with Gasteiger partial charge in [-0.15, -0.1) is 0 Å². The fraction of sp³-hybridized carbons (Fsp3) is 0.600. The van der Waals surface area contributed by atoms with Crippen LogP contribution in [0.1, 0.15) is 33.6 Å². The van der Waals surface area contributed by atoms with Gasteiger partial charge in [0.15, 0.2) is 5.78 Å². The summed E-state index contributed by atoms with van der Waals surface area (Å²) in [7, 11) is 0. The summed E-state index contributed by atoms with van der Waals surface area (Å²) in [6, 6.07) is 0. The molecule has 3 aliphatic rings. The third kappa shape index (κ3) is 1.02. The average Bonchev–Trinajstić information content (AvgIpc) is 2.57. The first-order valence-electron chi connectivity index (χ1n) is 6.30. The molecule has 0 amide bonds. The van der Waals surface area contributed by atoms with E-state index in [-0.39, 0.29) is 22.9 Å². The maximum Gasteiger partial charge on any atom is 0.166 e. The van der Waals surface area contributed by atoms with Crippen molar-refractivity contribution in [3.63, 3.8) is 0 Å². The molecule has 3 aliphatic carbocycles. The second kappa shape index (κ2) is 2.80. The lowest BCUT2D eigenvalue weighted by molar-refractivity contribution is -0.154. The van der Waals surface area contributed by atoms with Crippen LogP contribution >= 0.6 is 0 Å². The summed E-state index contributed by atoms with van der Waals surface area (Å²) < 4.78 is 0. The van der Waals surface area contributed by atoms with Crippen LogP contribution in [-0.4, -0.2) is 11.6 Å². The smallest absolute Gasteiger partial charge is 0.166 e. The average molecular weight is 230 g/mol. The van der Waals surface area contributed by atoms with Crippen LogP contribution < -0.4 is 0 Å². The van der Waals surface area contributed by atoms with Gasteiger partial charge in [-0.3, -0.25) is 9.59 Å². The molecule has 90 valence electrons. The maximum atomic E-state index is 12.5. The quantitative estimate of drug-likeness (QED) is 0.600. The summed E-state index contributed by atoms with van der Waals surface area (Å²) in [5, 5.41) is 0. The molecule has 2 bridgehead atoms. The van der Waals surface area contributed by atoms with Gasteiger partial charge >= 0.3 is 0 Å². The van der Waals surface area contributed by atoms with E-state index in [2.05, 4.69) is 19.9 Å². The highest BCUT2D eigenvalue weighted by Crippen LogP contribution is 2.64. The Balaban J connectivity index is 2.26. The summed E-state index contributed by atoms with van der Waals surface area (Å²) in [6.45, 7) is 6.13. The van der Waals surface area contributed by atoms with Crippen LogP contribution in [0.5, 0.6) is 0 Å². The number of fused-ring (bicyclic) bond motifs is 1. The monoisotopic (exact) mass is 230 g/mol. The van der Waals surface area contributed by atoms with Crippen molar-refractivity contribution in [2.45, 2.75) is 33.6 Å². The molecule has 2 heteroatoms. The predicted octanol–water partition coefficient (Wildman–Crippen LogP) is 2.69. The molecular formula is C15H18O2. The summed E-state index contributed by atoms with van der Waals surface area (Å²) in [4.78, 5) is 24.9. The lowest BCUT2D eigenvalue weighted by Crippen LogP contribution is -2.57. The fourth-order valence-electron chi connectivity index (χ4n) is 4.03. The zero-order chi connectivity index (χ0) is 12.5. The van der Waals surface area contributed by atoms with Gasteiger partial charge in [-0.25, -0.2) is 0 Å². The molecule has 2 nitrogen and oxygen atoms in total. The molecule has 4 unspecified atom stereocenters.